The second kappa shape index (κ2) is 6.64. The highest BCUT2D eigenvalue weighted by molar-refractivity contribution is 6.36. The number of hydrogen-bond acceptors (Lipinski definition) is 2. The fourth-order valence-corrected chi connectivity index (χ4v) is 2.13. The van der Waals surface area contributed by atoms with Gasteiger partial charge in [-0.2, -0.15) is 0 Å². The van der Waals surface area contributed by atoms with E-state index in [2.05, 4.69) is 5.32 Å². The van der Waals surface area contributed by atoms with E-state index in [1.807, 2.05) is 24.3 Å². The van der Waals surface area contributed by atoms with Crippen LogP contribution in [0.1, 0.15) is 15.9 Å². The zero-order chi connectivity index (χ0) is 14.5. The zero-order valence-corrected chi connectivity index (χ0v) is 12.2. The van der Waals surface area contributed by atoms with Crippen LogP contribution in [0.25, 0.3) is 0 Å². The number of nitrogens with one attached hydrogen (secondary N) is 1. The van der Waals surface area contributed by atoms with Crippen LogP contribution in [0.3, 0.4) is 0 Å². The Kier molecular flexibility index (Phi) is 4.88. The maximum atomic E-state index is 12.0. The van der Waals surface area contributed by atoms with Gasteiger partial charge in [-0.25, -0.2) is 0 Å². The van der Waals surface area contributed by atoms with Crippen molar-refractivity contribution in [2.45, 2.75) is 6.42 Å². The number of carbonyl (C=O) groups is 1. The summed E-state index contributed by atoms with van der Waals surface area (Å²) in [6.45, 7) is 0.519. The standard InChI is InChI=1S/C15H14Cl2N2O/c16-11-6-4-10(5-7-11)8-9-19-15(20)12-2-1-3-13(18)14(12)17/h1-7H,8-9,18H2,(H,19,20). The molecule has 0 saturated heterocycles. The van der Waals surface area contributed by atoms with Gasteiger partial charge in [-0.3, -0.25) is 4.79 Å². The molecule has 0 heterocycles. The summed E-state index contributed by atoms with van der Waals surface area (Å²) in [5.74, 6) is -0.226. The molecule has 0 bridgehead atoms. The smallest absolute Gasteiger partial charge is 0.252 e. The predicted molar refractivity (Wildman–Crippen MR) is 83.4 cm³/mol. The molecule has 104 valence electrons. The average molecular weight is 309 g/mol. The molecular formula is C15H14Cl2N2O. The first kappa shape index (κ1) is 14.7. The molecule has 0 aliphatic carbocycles. The van der Waals surface area contributed by atoms with Gasteiger partial charge in [0, 0.05) is 11.6 Å². The predicted octanol–water partition coefficient (Wildman–Crippen LogP) is 3.55. The van der Waals surface area contributed by atoms with Crippen LogP contribution in [-0.4, -0.2) is 12.5 Å². The SMILES string of the molecule is Nc1cccc(C(=O)NCCc2ccc(Cl)cc2)c1Cl. The molecule has 5 heteroatoms. The van der Waals surface area contributed by atoms with Crippen molar-refractivity contribution in [1.82, 2.24) is 5.32 Å². The van der Waals surface area contributed by atoms with Crippen LogP contribution < -0.4 is 11.1 Å². The Morgan fingerprint density at radius 3 is 2.50 bits per heavy atom. The molecule has 0 aliphatic heterocycles. The second-order valence-electron chi connectivity index (χ2n) is 4.34. The van der Waals surface area contributed by atoms with Gasteiger partial charge in [-0.15, -0.1) is 0 Å². The van der Waals surface area contributed by atoms with Crippen LogP contribution in [-0.2, 0) is 6.42 Å². The number of nitrogens with two attached hydrogens (primary N) is 1. The van der Waals surface area contributed by atoms with Gasteiger partial charge in [0.2, 0.25) is 0 Å². The fraction of sp³-hybridized carbons (Fsp3) is 0.133. The Hall–Kier alpha value is -1.71. The normalized spacial score (nSPS) is 10.3. The summed E-state index contributed by atoms with van der Waals surface area (Å²) >= 11 is 11.8. The van der Waals surface area contributed by atoms with Gasteiger partial charge >= 0.3 is 0 Å². The number of hydrogen-bond donors (Lipinski definition) is 2. The molecule has 3 nitrogen and oxygen atoms in total. The highest BCUT2D eigenvalue weighted by atomic mass is 35.5. The number of benzene rings is 2. The molecule has 0 aromatic heterocycles. The summed E-state index contributed by atoms with van der Waals surface area (Å²) in [6, 6.07) is 12.5. The van der Waals surface area contributed by atoms with Crippen molar-refractivity contribution in [2.75, 3.05) is 12.3 Å². The van der Waals surface area contributed by atoms with Crippen LogP contribution in [0.15, 0.2) is 42.5 Å². The molecule has 20 heavy (non-hydrogen) atoms. The summed E-state index contributed by atoms with van der Waals surface area (Å²) in [6.07, 6.45) is 0.725. The molecule has 1 amide bonds. The Balaban J connectivity index is 1.92. The van der Waals surface area contributed by atoms with Gasteiger partial charge in [0.1, 0.15) is 0 Å². The summed E-state index contributed by atoms with van der Waals surface area (Å²) in [5, 5.41) is 3.81. The Labute approximate surface area is 127 Å². The largest absolute Gasteiger partial charge is 0.398 e. The topological polar surface area (TPSA) is 55.1 Å². The summed E-state index contributed by atoms with van der Waals surface area (Å²) < 4.78 is 0. The first-order chi connectivity index (χ1) is 9.58. The van der Waals surface area contributed by atoms with Gasteiger partial charge in [-0.1, -0.05) is 41.4 Å². The summed E-state index contributed by atoms with van der Waals surface area (Å²) in [7, 11) is 0. The van der Waals surface area contributed by atoms with Crippen LogP contribution in [0.5, 0.6) is 0 Å². The zero-order valence-electron chi connectivity index (χ0n) is 10.7. The van der Waals surface area contributed by atoms with Gasteiger partial charge in [-0.05, 0) is 36.2 Å². The third kappa shape index (κ3) is 3.65. The fourth-order valence-electron chi connectivity index (χ4n) is 1.79. The average Bonchev–Trinajstić information content (AvgIpc) is 2.44. The molecule has 2 rings (SSSR count). The van der Waals surface area contributed by atoms with Crippen molar-refractivity contribution in [3.05, 3.63) is 63.6 Å². The number of anilines is 1. The van der Waals surface area contributed by atoms with Crippen molar-refractivity contribution >= 4 is 34.8 Å². The molecule has 0 radical (unpaired) electrons. The van der Waals surface area contributed by atoms with E-state index in [1.54, 1.807) is 18.2 Å². The molecule has 0 saturated carbocycles. The molecule has 0 spiro atoms. The molecule has 0 aliphatic rings. The highest BCUT2D eigenvalue weighted by Crippen LogP contribution is 2.22. The lowest BCUT2D eigenvalue weighted by molar-refractivity contribution is 0.0954. The highest BCUT2D eigenvalue weighted by Gasteiger charge is 2.11. The molecule has 2 aromatic rings. The van der Waals surface area contributed by atoms with Gasteiger partial charge < -0.3 is 11.1 Å². The van der Waals surface area contributed by atoms with E-state index in [0.29, 0.717) is 22.8 Å². The first-order valence-electron chi connectivity index (χ1n) is 6.14. The lowest BCUT2D eigenvalue weighted by atomic mass is 10.1. The van der Waals surface area contributed by atoms with E-state index in [1.165, 1.54) is 0 Å². The van der Waals surface area contributed by atoms with Crippen molar-refractivity contribution in [3.63, 3.8) is 0 Å². The van der Waals surface area contributed by atoms with Gasteiger partial charge in [0.25, 0.3) is 5.91 Å². The number of rotatable bonds is 4. The van der Waals surface area contributed by atoms with Crippen molar-refractivity contribution in [3.8, 4) is 0 Å². The minimum Gasteiger partial charge on any atom is -0.398 e. The summed E-state index contributed by atoms with van der Waals surface area (Å²) in [5.41, 5.74) is 7.56. The molecule has 3 N–H and O–H groups in total. The van der Waals surface area contributed by atoms with E-state index in [-0.39, 0.29) is 10.9 Å². The minimum absolute atomic E-state index is 0.226. The number of halogens is 2. The van der Waals surface area contributed by atoms with Gasteiger partial charge in [0.05, 0.1) is 16.3 Å². The number of amides is 1. The van der Waals surface area contributed by atoms with Gasteiger partial charge in [0.15, 0.2) is 0 Å². The second-order valence-corrected chi connectivity index (χ2v) is 5.16. The van der Waals surface area contributed by atoms with E-state index < -0.39 is 0 Å². The van der Waals surface area contributed by atoms with E-state index >= 15 is 0 Å². The van der Waals surface area contributed by atoms with Crippen molar-refractivity contribution in [1.29, 1.82) is 0 Å². The maximum Gasteiger partial charge on any atom is 0.252 e. The monoisotopic (exact) mass is 308 g/mol. The van der Waals surface area contributed by atoms with E-state index in [4.69, 9.17) is 28.9 Å². The molecule has 0 unspecified atom stereocenters. The maximum absolute atomic E-state index is 12.0. The molecule has 0 atom stereocenters. The first-order valence-corrected chi connectivity index (χ1v) is 6.90. The Bertz CT molecular complexity index is 612. The third-order valence-electron chi connectivity index (χ3n) is 2.89. The summed E-state index contributed by atoms with van der Waals surface area (Å²) in [4.78, 5) is 12.0. The van der Waals surface area contributed by atoms with Crippen LogP contribution in [0.4, 0.5) is 5.69 Å². The molecule has 0 fully saturated rings. The van der Waals surface area contributed by atoms with E-state index in [9.17, 15) is 4.79 Å². The quantitative estimate of drug-likeness (QED) is 0.849. The lowest BCUT2D eigenvalue weighted by Crippen LogP contribution is -2.26. The molecular weight excluding hydrogens is 295 g/mol. The van der Waals surface area contributed by atoms with E-state index in [0.717, 1.165) is 12.0 Å². The number of nitrogen functional groups attached to an aromatic ring is 1. The lowest BCUT2D eigenvalue weighted by Gasteiger charge is -2.08. The van der Waals surface area contributed by atoms with Crippen LogP contribution >= 0.6 is 23.2 Å². The third-order valence-corrected chi connectivity index (χ3v) is 3.56. The molecule has 2 aromatic carbocycles. The Morgan fingerprint density at radius 2 is 1.80 bits per heavy atom. The van der Waals surface area contributed by atoms with Crippen molar-refractivity contribution in [2.24, 2.45) is 0 Å². The van der Waals surface area contributed by atoms with Crippen LogP contribution in [0.2, 0.25) is 10.0 Å². The Morgan fingerprint density at radius 1 is 1.10 bits per heavy atom. The minimum atomic E-state index is -0.226. The van der Waals surface area contributed by atoms with Crippen molar-refractivity contribution < 1.29 is 4.79 Å². The number of carbonyl (C=O) groups excluding carboxylic acids is 1. The van der Waals surface area contributed by atoms with Crippen LogP contribution in [0, 0.1) is 0 Å².